The Morgan fingerprint density at radius 3 is 3.05 bits per heavy atom. The third-order valence-corrected chi connectivity index (χ3v) is 4.84. The molecule has 0 aliphatic rings. The van der Waals surface area contributed by atoms with Crippen LogP contribution in [-0.4, -0.2) is 22.4 Å². The quantitative estimate of drug-likeness (QED) is 0.775. The van der Waals surface area contributed by atoms with Crippen molar-refractivity contribution in [3.63, 3.8) is 0 Å². The highest BCUT2D eigenvalue weighted by atomic mass is 32.1. The highest BCUT2D eigenvalue weighted by molar-refractivity contribution is 7.21. The number of fused-ring (bicyclic) bond motifs is 1. The lowest BCUT2D eigenvalue weighted by molar-refractivity contribution is 0.0959. The molecule has 0 saturated carbocycles. The van der Waals surface area contributed by atoms with Crippen LogP contribution >= 0.6 is 22.7 Å². The van der Waals surface area contributed by atoms with Crippen molar-refractivity contribution in [3.05, 3.63) is 39.9 Å². The van der Waals surface area contributed by atoms with E-state index in [-0.39, 0.29) is 5.91 Å². The molecule has 0 aromatic carbocycles. The number of thiazole rings is 1. The molecule has 3 aromatic rings. The van der Waals surface area contributed by atoms with Crippen LogP contribution in [0.25, 0.3) is 10.1 Å². The van der Waals surface area contributed by atoms with Gasteiger partial charge in [0.25, 0.3) is 5.91 Å². The Bertz CT molecular complexity index is 736. The number of anilines is 1. The van der Waals surface area contributed by atoms with Crippen LogP contribution in [-0.2, 0) is 6.42 Å². The minimum atomic E-state index is -0.139. The minimum Gasteiger partial charge on any atom is -0.397 e. The van der Waals surface area contributed by atoms with Crippen LogP contribution in [0.15, 0.2) is 30.0 Å². The van der Waals surface area contributed by atoms with Crippen molar-refractivity contribution >= 4 is 44.4 Å². The van der Waals surface area contributed by atoms with Gasteiger partial charge >= 0.3 is 0 Å². The van der Waals surface area contributed by atoms with Crippen LogP contribution in [0.5, 0.6) is 0 Å². The van der Waals surface area contributed by atoms with Crippen molar-refractivity contribution in [1.29, 1.82) is 0 Å². The zero-order valence-corrected chi connectivity index (χ0v) is 12.1. The number of thiophene rings is 1. The molecule has 0 aliphatic heterocycles. The summed E-state index contributed by atoms with van der Waals surface area (Å²) in [4.78, 5) is 20.9. The summed E-state index contributed by atoms with van der Waals surface area (Å²) in [6.45, 7) is 0.554. The molecule has 0 unspecified atom stereocenters. The van der Waals surface area contributed by atoms with Gasteiger partial charge in [-0.2, -0.15) is 0 Å². The molecule has 3 heterocycles. The van der Waals surface area contributed by atoms with Crippen LogP contribution in [0.4, 0.5) is 5.69 Å². The molecule has 3 rings (SSSR count). The van der Waals surface area contributed by atoms with Gasteiger partial charge in [-0.1, -0.05) is 0 Å². The highest BCUT2D eigenvalue weighted by Crippen LogP contribution is 2.32. The van der Waals surface area contributed by atoms with Crippen LogP contribution < -0.4 is 11.1 Å². The average Bonchev–Trinajstić information content (AvgIpc) is 3.08. The SMILES string of the molecule is Nc1c(C(=O)NCCc2nccs2)sc2cnccc12. The van der Waals surface area contributed by atoms with Gasteiger partial charge in [0, 0.05) is 42.3 Å². The zero-order valence-electron chi connectivity index (χ0n) is 10.5. The maximum atomic E-state index is 12.1. The Kier molecular flexibility index (Phi) is 3.62. The molecule has 20 heavy (non-hydrogen) atoms. The van der Waals surface area contributed by atoms with Crippen LogP contribution in [0.2, 0.25) is 0 Å². The van der Waals surface area contributed by atoms with E-state index in [4.69, 9.17) is 5.73 Å². The Balaban J connectivity index is 1.71. The summed E-state index contributed by atoms with van der Waals surface area (Å²) >= 11 is 2.95. The topological polar surface area (TPSA) is 80.9 Å². The van der Waals surface area contributed by atoms with Gasteiger partial charge < -0.3 is 11.1 Å². The number of hydrogen-bond acceptors (Lipinski definition) is 6. The molecule has 3 aromatic heterocycles. The van der Waals surface area contributed by atoms with E-state index in [0.717, 1.165) is 21.5 Å². The number of nitrogens with zero attached hydrogens (tertiary/aromatic N) is 2. The number of amides is 1. The molecule has 7 heteroatoms. The van der Waals surface area contributed by atoms with Gasteiger partial charge in [-0.05, 0) is 6.07 Å². The first kappa shape index (κ1) is 13.0. The van der Waals surface area contributed by atoms with E-state index in [0.29, 0.717) is 17.1 Å². The number of nitrogens with one attached hydrogen (secondary N) is 1. The number of nitrogen functional groups attached to an aromatic ring is 1. The fraction of sp³-hybridized carbons (Fsp3) is 0.154. The number of hydrogen-bond donors (Lipinski definition) is 2. The molecular formula is C13H12N4OS2. The molecule has 3 N–H and O–H groups in total. The summed E-state index contributed by atoms with van der Waals surface area (Å²) in [6, 6.07) is 1.83. The first-order chi connectivity index (χ1) is 9.75. The number of rotatable bonds is 4. The lowest BCUT2D eigenvalue weighted by atomic mass is 10.2. The van der Waals surface area contributed by atoms with Gasteiger partial charge in [0.2, 0.25) is 0 Å². The van der Waals surface area contributed by atoms with Crippen LogP contribution in [0.3, 0.4) is 0 Å². The standard InChI is InChI=1S/C13H12N4OS2/c14-11-8-1-3-15-7-9(8)20-12(11)13(18)17-4-2-10-16-5-6-19-10/h1,3,5-7H,2,4,14H2,(H,17,18). The molecular weight excluding hydrogens is 292 g/mol. The lowest BCUT2D eigenvalue weighted by Gasteiger charge is -2.02. The van der Waals surface area contributed by atoms with Crippen molar-refractivity contribution in [2.75, 3.05) is 12.3 Å². The van der Waals surface area contributed by atoms with Gasteiger partial charge in [-0.15, -0.1) is 22.7 Å². The van der Waals surface area contributed by atoms with E-state index < -0.39 is 0 Å². The lowest BCUT2D eigenvalue weighted by Crippen LogP contribution is -2.25. The second kappa shape index (κ2) is 5.56. The first-order valence-corrected chi connectivity index (χ1v) is 7.74. The van der Waals surface area contributed by atoms with Gasteiger partial charge in [-0.25, -0.2) is 4.98 Å². The Labute approximate surface area is 123 Å². The second-order valence-electron chi connectivity index (χ2n) is 4.15. The molecule has 0 bridgehead atoms. The third-order valence-electron chi connectivity index (χ3n) is 2.85. The van der Waals surface area contributed by atoms with E-state index in [1.54, 1.807) is 29.9 Å². The van der Waals surface area contributed by atoms with Crippen molar-refractivity contribution < 1.29 is 4.79 Å². The number of carbonyl (C=O) groups excluding carboxylic acids is 1. The average molecular weight is 304 g/mol. The van der Waals surface area contributed by atoms with E-state index in [2.05, 4.69) is 15.3 Å². The summed E-state index contributed by atoms with van der Waals surface area (Å²) in [7, 11) is 0. The number of aromatic nitrogens is 2. The summed E-state index contributed by atoms with van der Waals surface area (Å²) in [6.07, 6.45) is 5.90. The second-order valence-corrected chi connectivity index (χ2v) is 6.18. The summed E-state index contributed by atoms with van der Waals surface area (Å²) in [5.41, 5.74) is 6.54. The molecule has 0 atom stereocenters. The van der Waals surface area contributed by atoms with Gasteiger partial charge in [0.1, 0.15) is 4.88 Å². The fourth-order valence-electron chi connectivity index (χ4n) is 1.88. The van der Waals surface area contributed by atoms with Gasteiger partial charge in [-0.3, -0.25) is 9.78 Å². The Morgan fingerprint density at radius 2 is 2.30 bits per heavy atom. The number of pyridine rings is 1. The molecule has 0 radical (unpaired) electrons. The van der Waals surface area contributed by atoms with Crippen molar-refractivity contribution in [2.45, 2.75) is 6.42 Å². The molecule has 0 saturated heterocycles. The predicted molar refractivity (Wildman–Crippen MR) is 82.2 cm³/mol. The molecule has 0 spiro atoms. The molecule has 102 valence electrons. The van der Waals surface area contributed by atoms with Crippen molar-refractivity contribution in [2.24, 2.45) is 0 Å². The number of nitrogens with two attached hydrogens (primary N) is 1. The smallest absolute Gasteiger partial charge is 0.263 e. The maximum absolute atomic E-state index is 12.1. The molecule has 1 amide bonds. The largest absolute Gasteiger partial charge is 0.397 e. The van der Waals surface area contributed by atoms with Crippen molar-refractivity contribution in [3.8, 4) is 0 Å². The summed E-state index contributed by atoms with van der Waals surface area (Å²) in [5, 5.41) is 6.70. The van der Waals surface area contributed by atoms with E-state index in [1.165, 1.54) is 11.3 Å². The minimum absolute atomic E-state index is 0.139. The molecule has 5 nitrogen and oxygen atoms in total. The Hall–Kier alpha value is -1.99. The normalized spacial score (nSPS) is 10.8. The Morgan fingerprint density at radius 1 is 1.40 bits per heavy atom. The van der Waals surface area contributed by atoms with Crippen LogP contribution in [0, 0.1) is 0 Å². The summed E-state index contributed by atoms with van der Waals surface area (Å²) in [5.74, 6) is -0.139. The highest BCUT2D eigenvalue weighted by Gasteiger charge is 2.15. The first-order valence-electron chi connectivity index (χ1n) is 6.04. The third kappa shape index (κ3) is 2.50. The molecule has 0 aliphatic carbocycles. The molecule has 0 fully saturated rings. The van der Waals surface area contributed by atoms with Crippen molar-refractivity contribution in [1.82, 2.24) is 15.3 Å². The predicted octanol–water partition coefficient (Wildman–Crippen LogP) is 2.31. The van der Waals surface area contributed by atoms with Crippen LogP contribution in [0.1, 0.15) is 14.7 Å². The van der Waals surface area contributed by atoms with E-state index in [1.807, 2.05) is 11.4 Å². The van der Waals surface area contributed by atoms with E-state index >= 15 is 0 Å². The summed E-state index contributed by atoms with van der Waals surface area (Å²) < 4.78 is 0.926. The fourth-order valence-corrected chi connectivity index (χ4v) is 3.51. The van der Waals surface area contributed by atoms with Gasteiger partial charge in [0.05, 0.1) is 15.4 Å². The zero-order chi connectivity index (χ0) is 13.9. The maximum Gasteiger partial charge on any atom is 0.263 e. The number of carbonyl (C=O) groups is 1. The monoisotopic (exact) mass is 304 g/mol. The van der Waals surface area contributed by atoms with E-state index in [9.17, 15) is 4.79 Å². The van der Waals surface area contributed by atoms with Gasteiger partial charge in [0.15, 0.2) is 0 Å².